The van der Waals surface area contributed by atoms with Gasteiger partial charge in [0.2, 0.25) is 0 Å². The molecule has 3 nitrogen and oxygen atoms in total. The van der Waals surface area contributed by atoms with Crippen LogP contribution in [0, 0.1) is 5.92 Å². The van der Waals surface area contributed by atoms with Crippen molar-refractivity contribution in [2.45, 2.75) is 12.1 Å². The van der Waals surface area contributed by atoms with E-state index in [9.17, 15) is 23.1 Å². The monoisotopic (exact) mass is 273 g/mol. The molecule has 0 unspecified atom stereocenters. The van der Waals surface area contributed by atoms with E-state index < -0.39 is 12.1 Å². The average molecular weight is 273 g/mol. The van der Waals surface area contributed by atoms with E-state index in [0.29, 0.717) is 0 Å². The van der Waals surface area contributed by atoms with Gasteiger partial charge in [0, 0.05) is 31.5 Å². The number of halogens is 3. The normalized spacial score (nSPS) is 23.7. The number of nitrogens with zero attached hydrogens (tertiary/aromatic N) is 1. The lowest BCUT2D eigenvalue weighted by atomic mass is 9.90. The zero-order valence-electron chi connectivity index (χ0n) is 10.1. The summed E-state index contributed by atoms with van der Waals surface area (Å²) in [7, 11) is 0. The molecule has 0 radical (unpaired) electrons. The third-order valence-corrected chi connectivity index (χ3v) is 3.43. The lowest BCUT2D eigenvalue weighted by molar-refractivity contribution is -0.184. The van der Waals surface area contributed by atoms with E-state index in [0.717, 1.165) is 10.5 Å². The number of alkyl halides is 3. The summed E-state index contributed by atoms with van der Waals surface area (Å²) in [6, 6.07) is 8.99. The van der Waals surface area contributed by atoms with Crippen LogP contribution in [0.25, 0.3) is 0 Å². The summed E-state index contributed by atoms with van der Waals surface area (Å²) < 4.78 is 37.2. The Morgan fingerprint density at radius 2 is 1.89 bits per heavy atom. The van der Waals surface area contributed by atoms with Gasteiger partial charge in [-0.05, 0) is 5.56 Å². The predicted octanol–water partition coefficient (Wildman–Crippen LogP) is 1.78. The Morgan fingerprint density at radius 1 is 1.26 bits per heavy atom. The van der Waals surface area contributed by atoms with E-state index >= 15 is 0 Å². The molecule has 1 aliphatic rings. The Balaban J connectivity index is 2.17. The summed E-state index contributed by atoms with van der Waals surface area (Å²) in [5.41, 5.74) is 0.846. The van der Waals surface area contributed by atoms with Crippen molar-refractivity contribution in [2.24, 2.45) is 5.92 Å². The number of hydrogen-bond donors (Lipinski definition) is 1. The number of rotatable bonds is 2. The number of carbonyl (C=O) groups is 1. The Hall–Kier alpha value is -1.56. The van der Waals surface area contributed by atoms with Crippen LogP contribution in [0.15, 0.2) is 30.3 Å². The fourth-order valence-corrected chi connectivity index (χ4v) is 2.48. The Bertz CT molecular complexity index is 447. The van der Waals surface area contributed by atoms with E-state index in [1.165, 1.54) is 0 Å². The van der Waals surface area contributed by atoms with Crippen molar-refractivity contribution in [3.63, 3.8) is 0 Å². The number of likely N-dealkylation sites (tertiary alicyclic amines) is 1. The molecule has 2 rings (SSSR count). The molecule has 1 N–H and O–H groups in total. The van der Waals surface area contributed by atoms with Crippen LogP contribution in [0.5, 0.6) is 0 Å². The maximum absolute atomic E-state index is 12.4. The second kappa shape index (κ2) is 5.21. The van der Waals surface area contributed by atoms with Crippen LogP contribution in [-0.4, -0.2) is 41.8 Å². The van der Waals surface area contributed by atoms with Crippen molar-refractivity contribution < 1.29 is 23.1 Å². The minimum absolute atomic E-state index is 0.00637. The number of carbonyl (C=O) groups excluding carboxylic acids is 1. The van der Waals surface area contributed by atoms with Gasteiger partial charge in [0.05, 0.1) is 0 Å². The number of aliphatic hydroxyl groups excluding tert-OH is 1. The summed E-state index contributed by atoms with van der Waals surface area (Å²) in [6.07, 6.45) is -4.86. The van der Waals surface area contributed by atoms with Gasteiger partial charge >= 0.3 is 12.1 Å². The predicted molar refractivity (Wildman–Crippen MR) is 62.4 cm³/mol. The molecule has 1 aromatic rings. The highest BCUT2D eigenvalue weighted by Gasteiger charge is 2.47. The lowest BCUT2D eigenvalue weighted by Crippen LogP contribution is -2.39. The topological polar surface area (TPSA) is 40.5 Å². The molecule has 0 aromatic heterocycles. The molecule has 19 heavy (non-hydrogen) atoms. The van der Waals surface area contributed by atoms with Crippen molar-refractivity contribution in [3.8, 4) is 0 Å². The van der Waals surface area contributed by atoms with Gasteiger partial charge < -0.3 is 10.0 Å². The zero-order chi connectivity index (χ0) is 14.0. The highest BCUT2D eigenvalue weighted by atomic mass is 19.4. The second-order valence-corrected chi connectivity index (χ2v) is 4.67. The van der Waals surface area contributed by atoms with Gasteiger partial charge in [-0.1, -0.05) is 30.3 Å². The fraction of sp³-hybridized carbons (Fsp3) is 0.462. The van der Waals surface area contributed by atoms with Gasteiger partial charge in [-0.15, -0.1) is 0 Å². The summed E-state index contributed by atoms with van der Waals surface area (Å²) in [5, 5.41) is 9.28. The van der Waals surface area contributed by atoms with Gasteiger partial charge in [-0.2, -0.15) is 13.2 Å². The first-order valence-electron chi connectivity index (χ1n) is 5.95. The molecule has 104 valence electrons. The van der Waals surface area contributed by atoms with Crippen molar-refractivity contribution in [3.05, 3.63) is 35.9 Å². The Morgan fingerprint density at radius 3 is 2.42 bits per heavy atom. The van der Waals surface area contributed by atoms with Crippen LogP contribution in [0.3, 0.4) is 0 Å². The fourth-order valence-electron chi connectivity index (χ4n) is 2.48. The molecule has 1 aliphatic heterocycles. The molecule has 1 amide bonds. The highest BCUT2D eigenvalue weighted by molar-refractivity contribution is 5.82. The molecule has 0 bridgehead atoms. The van der Waals surface area contributed by atoms with Gasteiger partial charge in [0.15, 0.2) is 0 Å². The second-order valence-electron chi connectivity index (χ2n) is 4.67. The van der Waals surface area contributed by atoms with Crippen molar-refractivity contribution in [1.82, 2.24) is 4.90 Å². The standard InChI is InChI=1S/C13H14F3NO2/c14-13(15,16)12(19)17-6-10(8-18)11(7-17)9-4-2-1-3-5-9/h1-5,10-11,18H,6-8H2/t10-,11-/m0/s1. The molecule has 1 aromatic carbocycles. The molecule has 0 aliphatic carbocycles. The quantitative estimate of drug-likeness (QED) is 0.892. The minimum atomic E-state index is -4.86. The first-order valence-corrected chi connectivity index (χ1v) is 5.95. The number of aliphatic hydroxyl groups is 1. The molecule has 0 spiro atoms. The molecule has 2 atom stereocenters. The largest absolute Gasteiger partial charge is 0.471 e. The van der Waals surface area contributed by atoms with Crippen LogP contribution in [0.1, 0.15) is 11.5 Å². The molecule has 6 heteroatoms. The Kier molecular flexibility index (Phi) is 3.80. The zero-order valence-corrected chi connectivity index (χ0v) is 10.1. The van der Waals surface area contributed by atoms with Crippen LogP contribution in [-0.2, 0) is 4.79 Å². The molecule has 0 saturated carbocycles. The van der Waals surface area contributed by atoms with Gasteiger partial charge in [-0.3, -0.25) is 4.79 Å². The number of hydrogen-bond acceptors (Lipinski definition) is 2. The van der Waals surface area contributed by atoms with Gasteiger partial charge in [-0.25, -0.2) is 0 Å². The summed E-state index contributed by atoms with van der Waals surface area (Å²) >= 11 is 0. The maximum atomic E-state index is 12.4. The maximum Gasteiger partial charge on any atom is 0.471 e. The average Bonchev–Trinajstić information content (AvgIpc) is 2.81. The molecule has 1 heterocycles. The van der Waals surface area contributed by atoms with E-state index in [1.54, 1.807) is 24.3 Å². The van der Waals surface area contributed by atoms with Crippen molar-refractivity contribution >= 4 is 5.91 Å². The third-order valence-electron chi connectivity index (χ3n) is 3.43. The number of benzene rings is 1. The minimum Gasteiger partial charge on any atom is -0.396 e. The van der Waals surface area contributed by atoms with Crippen LogP contribution >= 0.6 is 0 Å². The van der Waals surface area contributed by atoms with E-state index in [4.69, 9.17) is 0 Å². The van der Waals surface area contributed by atoms with Crippen molar-refractivity contribution in [2.75, 3.05) is 19.7 Å². The van der Waals surface area contributed by atoms with Crippen LogP contribution < -0.4 is 0 Å². The van der Waals surface area contributed by atoms with Crippen molar-refractivity contribution in [1.29, 1.82) is 0 Å². The number of amides is 1. The van der Waals surface area contributed by atoms with E-state index in [1.807, 2.05) is 6.07 Å². The molecular formula is C13H14F3NO2. The van der Waals surface area contributed by atoms with E-state index in [2.05, 4.69) is 0 Å². The summed E-state index contributed by atoms with van der Waals surface area (Å²) in [5.74, 6) is -2.43. The molecule has 1 saturated heterocycles. The first kappa shape index (κ1) is 13.9. The SMILES string of the molecule is O=C(N1C[C@@H](CO)[C@H](c2ccccc2)C1)C(F)(F)F. The molecular weight excluding hydrogens is 259 g/mol. The Labute approximate surface area is 108 Å². The lowest BCUT2D eigenvalue weighted by Gasteiger charge is -2.18. The third kappa shape index (κ3) is 2.89. The van der Waals surface area contributed by atoms with E-state index in [-0.39, 0.29) is 31.5 Å². The summed E-state index contributed by atoms with van der Waals surface area (Å²) in [4.78, 5) is 12.0. The van der Waals surface area contributed by atoms with Gasteiger partial charge in [0.25, 0.3) is 0 Å². The van der Waals surface area contributed by atoms with Crippen LogP contribution in [0.2, 0.25) is 0 Å². The van der Waals surface area contributed by atoms with Crippen LogP contribution in [0.4, 0.5) is 13.2 Å². The molecule has 1 fully saturated rings. The smallest absolute Gasteiger partial charge is 0.396 e. The summed E-state index contributed by atoms with van der Waals surface area (Å²) in [6.45, 7) is -0.302. The highest BCUT2D eigenvalue weighted by Crippen LogP contribution is 2.34. The van der Waals surface area contributed by atoms with Gasteiger partial charge in [0.1, 0.15) is 0 Å². The first-order chi connectivity index (χ1) is 8.93.